The van der Waals surface area contributed by atoms with Crippen molar-refractivity contribution in [3.63, 3.8) is 0 Å². The molecule has 0 aromatic rings. The Labute approximate surface area is 90.7 Å². The van der Waals surface area contributed by atoms with Crippen LogP contribution in [0.4, 0.5) is 0 Å². The van der Waals surface area contributed by atoms with Gasteiger partial charge in [-0.25, -0.2) is 0 Å². The summed E-state index contributed by atoms with van der Waals surface area (Å²) in [4.78, 5) is 22.3. The fourth-order valence-corrected chi connectivity index (χ4v) is 1.05. The van der Waals surface area contributed by atoms with Crippen LogP contribution in [0.25, 0.3) is 0 Å². The summed E-state index contributed by atoms with van der Waals surface area (Å²) in [6, 6.07) is 0. The van der Waals surface area contributed by atoms with Gasteiger partial charge in [-0.1, -0.05) is 13.0 Å². The summed E-state index contributed by atoms with van der Waals surface area (Å²) in [5, 5.41) is 2.65. The smallest absolute Gasteiger partial charge is 0.307 e. The highest BCUT2D eigenvalue weighted by molar-refractivity contribution is 5.92. The van der Waals surface area contributed by atoms with E-state index in [1.54, 1.807) is 13.8 Å². The van der Waals surface area contributed by atoms with Crippen molar-refractivity contribution in [2.24, 2.45) is 0 Å². The quantitative estimate of drug-likeness (QED) is 0.536. The van der Waals surface area contributed by atoms with Gasteiger partial charge >= 0.3 is 5.97 Å². The summed E-state index contributed by atoms with van der Waals surface area (Å²) >= 11 is 0. The fourth-order valence-electron chi connectivity index (χ4n) is 1.05. The SMILES string of the molecule is CCC=C(C)C(=O)NCCC(=O)OCC. The maximum absolute atomic E-state index is 11.3. The first-order valence-electron chi connectivity index (χ1n) is 5.22. The Kier molecular flexibility index (Phi) is 7.32. The van der Waals surface area contributed by atoms with Gasteiger partial charge in [0.2, 0.25) is 5.91 Å². The number of carbonyl (C=O) groups is 2. The highest BCUT2D eigenvalue weighted by Crippen LogP contribution is 1.94. The molecule has 0 aromatic heterocycles. The van der Waals surface area contributed by atoms with Gasteiger partial charge in [0.05, 0.1) is 13.0 Å². The van der Waals surface area contributed by atoms with E-state index in [2.05, 4.69) is 5.32 Å². The van der Waals surface area contributed by atoms with Crippen LogP contribution in [0.15, 0.2) is 11.6 Å². The highest BCUT2D eigenvalue weighted by Gasteiger charge is 2.05. The third-order valence-electron chi connectivity index (χ3n) is 1.79. The third kappa shape index (κ3) is 6.71. The van der Waals surface area contributed by atoms with Crippen LogP contribution in [-0.2, 0) is 14.3 Å². The van der Waals surface area contributed by atoms with Crippen LogP contribution < -0.4 is 5.32 Å². The van der Waals surface area contributed by atoms with E-state index in [1.165, 1.54) is 0 Å². The normalized spacial score (nSPS) is 11.0. The summed E-state index contributed by atoms with van der Waals surface area (Å²) in [5.41, 5.74) is 0.682. The zero-order valence-electron chi connectivity index (χ0n) is 9.63. The Morgan fingerprint density at radius 3 is 2.53 bits per heavy atom. The van der Waals surface area contributed by atoms with Crippen molar-refractivity contribution in [3.8, 4) is 0 Å². The Hall–Kier alpha value is -1.32. The fraction of sp³-hybridized carbons (Fsp3) is 0.636. The number of rotatable bonds is 6. The molecule has 0 fully saturated rings. The molecular formula is C11H19NO3. The van der Waals surface area contributed by atoms with Crippen LogP contribution in [0.2, 0.25) is 0 Å². The van der Waals surface area contributed by atoms with Crippen molar-refractivity contribution in [1.82, 2.24) is 5.32 Å². The third-order valence-corrected chi connectivity index (χ3v) is 1.79. The first-order valence-corrected chi connectivity index (χ1v) is 5.22. The molecule has 0 unspecified atom stereocenters. The lowest BCUT2D eigenvalue weighted by Gasteiger charge is -2.04. The van der Waals surface area contributed by atoms with Crippen molar-refractivity contribution in [2.45, 2.75) is 33.6 Å². The average molecular weight is 213 g/mol. The highest BCUT2D eigenvalue weighted by atomic mass is 16.5. The molecule has 0 rings (SSSR count). The molecule has 0 atom stereocenters. The Balaban J connectivity index is 3.73. The van der Waals surface area contributed by atoms with Gasteiger partial charge in [-0.2, -0.15) is 0 Å². The molecule has 1 amide bonds. The second kappa shape index (κ2) is 8.03. The monoisotopic (exact) mass is 213 g/mol. The average Bonchev–Trinajstić information content (AvgIpc) is 2.18. The molecule has 0 saturated heterocycles. The van der Waals surface area contributed by atoms with Crippen molar-refractivity contribution < 1.29 is 14.3 Å². The number of ether oxygens (including phenoxy) is 1. The number of carbonyl (C=O) groups excluding carboxylic acids is 2. The Morgan fingerprint density at radius 2 is 2.00 bits per heavy atom. The number of nitrogens with one attached hydrogen (secondary N) is 1. The summed E-state index contributed by atoms with van der Waals surface area (Å²) in [6.45, 7) is 6.18. The van der Waals surface area contributed by atoms with E-state index in [0.717, 1.165) is 6.42 Å². The van der Waals surface area contributed by atoms with Crippen molar-refractivity contribution in [1.29, 1.82) is 0 Å². The van der Waals surface area contributed by atoms with Crippen LogP contribution in [0.5, 0.6) is 0 Å². The first kappa shape index (κ1) is 13.7. The lowest BCUT2D eigenvalue weighted by molar-refractivity contribution is -0.142. The molecule has 0 spiro atoms. The number of amides is 1. The molecule has 0 aliphatic heterocycles. The molecule has 0 aromatic carbocycles. The van der Waals surface area contributed by atoms with Crippen LogP contribution in [0, 0.1) is 0 Å². The molecule has 4 heteroatoms. The minimum absolute atomic E-state index is 0.124. The zero-order valence-corrected chi connectivity index (χ0v) is 9.63. The number of hydrogen-bond acceptors (Lipinski definition) is 3. The van der Waals surface area contributed by atoms with Crippen molar-refractivity contribution in [3.05, 3.63) is 11.6 Å². The van der Waals surface area contributed by atoms with E-state index in [4.69, 9.17) is 4.74 Å². The predicted molar refractivity (Wildman–Crippen MR) is 58.3 cm³/mol. The van der Waals surface area contributed by atoms with Crippen molar-refractivity contribution >= 4 is 11.9 Å². The van der Waals surface area contributed by atoms with Crippen LogP contribution in [0.3, 0.4) is 0 Å². The zero-order chi connectivity index (χ0) is 11.7. The first-order chi connectivity index (χ1) is 7.11. The number of allylic oxidation sites excluding steroid dienone is 1. The molecule has 0 aliphatic rings. The van der Waals surface area contributed by atoms with Gasteiger partial charge in [-0.05, 0) is 20.3 Å². The maximum atomic E-state index is 11.3. The van der Waals surface area contributed by atoms with Gasteiger partial charge in [0.15, 0.2) is 0 Å². The summed E-state index contributed by atoms with van der Waals surface area (Å²) in [7, 11) is 0. The molecule has 0 aliphatic carbocycles. The second-order valence-electron chi connectivity index (χ2n) is 3.11. The number of esters is 1. The van der Waals surface area contributed by atoms with E-state index in [9.17, 15) is 9.59 Å². The molecule has 0 saturated carbocycles. The van der Waals surface area contributed by atoms with Gasteiger partial charge in [0.1, 0.15) is 0 Å². The minimum atomic E-state index is -0.282. The maximum Gasteiger partial charge on any atom is 0.307 e. The largest absolute Gasteiger partial charge is 0.466 e. The van der Waals surface area contributed by atoms with E-state index < -0.39 is 0 Å². The summed E-state index contributed by atoms with van der Waals surface area (Å²) in [5.74, 6) is -0.406. The summed E-state index contributed by atoms with van der Waals surface area (Å²) in [6.07, 6.45) is 2.90. The van der Waals surface area contributed by atoms with Gasteiger partial charge in [0, 0.05) is 12.1 Å². The molecule has 0 radical (unpaired) electrons. The predicted octanol–water partition coefficient (Wildman–Crippen LogP) is 1.41. The summed E-state index contributed by atoms with van der Waals surface area (Å²) < 4.78 is 4.73. The topological polar surface area (TPSA) is 55.4 Å². The second-order valence-corrected chi connectivity index (χ2v) is 3.11. The lowest BCUT2D eigenvalue weighted by atomic mass is 10.2. The van der Waals surface area contributed by atoms with Crippen LogP contribution in [-0.4, -0.2) is 25.0 Å². The van der Waals surface area contributed by atoms with Crippen molar-refractivity contribution in [2.75, 3.05) is 13.2 Å². The van der Waals surface area contributed by atoms with Crippen LogP contribution in [0.1, 0.15) is 33.6 Å². The Bertz CT molecular complexity index is 246. The Morgan fingerprint density at radius 1 is 1.33 bits per heavy atom. The molecule has 0 bridgehead atoms. The molecular weight excluding hydrogens is 194 g/mol. The van der Waals surface area contributed by atoms with E-state index in [0.29, 0.717) is 18.7 Å². The standard InChI is InChI=1S/C11H19NO3/c1-4-6-9(3)11(14)12-8-7-10(13)15-5-2/h6H,4-5,7-8H2,1-3H3,(H,12,14). The molecule has 86 valence electrons. The number of hydrogen-bond donors (Lipinski definition) is 1. The molecule has 15 heavy (non-hydrogen) atoms. The lowest BCUT2D eigenvalue weighted by Crippen LogP contribution is -2.27. The molecule has 4 nitrogen and oxygen atoms in total. The van der Waals surface area contributed by atoms with E-state index in [1.807, 2.05) is 13.0 Å². The molecule has 1 N–H and O–H groups in total. The minimum Gasteiger partial charge on any atom is -0.466 e. The van der Waals surface area contributed by atoms with Gasteiger partial charge in [-0.3, -0.25) is 9.59 Å². The van der Waals surface area contributed by atoms with E-state index in [-0.39, 0.29) is 18.3 Å². The van der Waals surface area contributed by atoms with Gasteiger partial charge in [0.25, 0.3) is 0 Å². The van der Waals surface area contributed by atoms with Crippen LogP contribution >= 0.6 is 0 Å². The van der Waals surface area contributed by atoms with Gasteiger partial charge in [-0.15, -0.1) is 0 Å². The van der Waals surface area contributed by atoms with Gasteiger partial charge < -0.3 is 10.1 Å². The molecule has 0 heterocycles. The van der Waals surface area contributed by atoms with E-state index >= 15 is 0 Å².